The van der Waals surface area contributed by atoms with Gasteiger partial charge in [0.15, 0.2) is 12.1 Å². The van der Waals surface area contributed by atoms with E-state index in [0.717, 1.165) is 38.4 Å². The number of piperidine rings is 1. The van der Waals surface area contributed by atoms with E-state index in [0.29, 0.717) is 17.9 Å². The van der Waals surface area contributed by atoms with Crippen LogP contribution >= 0.6 is 24.8 Å². The van der Waals surface area contributed by atoms with Crippen LogP contribution in [0.15, 0.2) is 10.8 Å². The lowest BCUT2D eigenvalue weighted by Gasteiger charge is -2.31. The van der Waals surface area contributed by atoms with Gasteiger partial charge in [-0.15, -0.1) is 24.8 Å². The Labute approximate surface area is 138 Å². The highest BCUT2D eigenvalue weighted by Gasteiger charge is 2.26. The monoisotopic (exact) mass is 337 g/mol. The Balaban J connectivity index is 0.00000200. The molecular weight excluding hydrogens is 313 g/mol. The minimum atomic E-state index is 0. The number of halogens is 2. The highest BCUT2D eigenvalue weighted by molar-refractivity contribution is 5.93. The molecule has 2 heterocycles. The third-order valence-electron chi connectivity index (χ3n) is 3.87. The average Bonchev–Trinajstić information content (AvgIpc) is 2.93. The molecule has 21 heavy (non-hydrogen) atoms. The second-order valence-electron chi connectivity index (χ2n) is 5.11. The van der Waals surface area contributed by atoms with Gasteiger partial charge in [-0.3, -0.25) is 4.79 Å². The summed E-state index contributed by atoms with van der Waals surface area (Å²) in [5.74, 6) is 1.46. The highest BCUT2D eigenvalue weighted by atomic mass is 35.5. The number of aryl methyl sites for hydroxylation is 1. The fourth-order valence-corrected chi connectivity index (χ4v) is 2.62. The van der Waals surface area contributed by atoms with Gasteiger partial charge in [-0.05, 0) is 38.8 Å². The smallest absolute Gasteiger partial charge is 0.276 e. The second-order valence-corrected chi connectivity index (χ2v) is 5.11. The summed E-state index contributed by atoms with van der Waals surface area (Å²) in [7, 11) is 1.98. The molecule has 1 aliphatic rings. The largest absolute Gasteiger partial charge is 0.448 e. The first-order valence-electron chi connectivity index (χ1n) is 7.12. The standard InChI is InChI=1S/C14H23N3O2.2ClH/c1-3-12-13(16-10-19-12)14(18)17-8-5-11(6-9-17)4-7-15-2;;/h10-11,15H,3-9H2,1-2H3;2*1H. The van der Waals surface area contributed by atoms with Crippen LogP contribution in [0, 0.1) is 5.92 Å². The van der Waals surface area contributed by atoms with Gasteiger partial charge in [0, 0.05) is 19.5 Å². The first kappa shape index (κ1) is 20.2. The Hall–Kier alpha value is -0.780. The number of nitrogens with one attached hydrogen (secondary N) is 1. The van der Waals surface area contributed by atoms with E-state index in [1.54, 1.807) is 0 Å². The first-order valence-corrected chi connectivity index (χ1v) is 7.12. The minimum absolute atomic E-state index is 0. The van der Waals surface area contributed by atoms with Gasteiger partial charge < -0.3 is 14.6 Å². The first-order chi connectivity index (χ1) is 9.26. The summed E-state index contributed by atoms with van der Waals surface area (Å²) in [5, 5.41) is 3.18. The molecule has 1 aliphatic heterocycles. The number of amides is 1. The molecule has 0 spiro atoms. The summed E-state index contributed by atoms with van der Waals surface area (Å²) in [6.45, 7) is 4.70. The van der Waals surface area contributed by atoms with Gasteiger partial charge in [0.2, 0.25) is 0 Å². The molecule has 1 aromatic rings. The number of carbonyl (C=O) groups is 1. The lowest BCUT2D eigenvalue weighted by Crippen LogP contribution is -2.39. The van der Waals surface area contributed by atoms with Crippen LogP contribution in [-0.4, -0.2) is 42.5 Å². The molecule has 1 saturated heterocycles. The molecule has 1 N–H and O–H groups in total. The Kier molecular flexibility index (Phi) is 9.66. The van der Waals surface area contributed by atoms with Crippen molar-refractivity contribution in [3.63, 3.8) is 0 Å². The van der Waals surface area contributed by atoms with Gasteiger partial charge in [-0.2, -0.15) is 0 Å². The Morgan fingerprint density at radius 1 is 1.43 bits per heavy atom. The molecular formula is C14H25Cl2N3O2. The van der Waals surface area contributed by atoms with Gasteiger partial charge in [0.05, 0.1) is 0 Å². The van der Waals surface area contributed by atoms with E-state index in [2.05, 4.69) is 10.3 Å². The third kappa shape index (κ3) is 5.16. The van der Waals surface area contributed by atoms with Crippen LogP contribution in [0.1, 0.15) is 42.4 Å². The van der Waals surface area contributed by atoms with E-state index in [4.69, 9.17) is 4.42 Å². The van der Waals surface area contributed by atoms with Crippen LogP contribution in [0.4, 0.5) is 0 Å². The van der Waals surface area contributed by atoms with E-state index >= 15 is 0 Å². The van der Waals surface area contributed by atoms with Crippen LogP contribution in [0.3, 0.4) is 0 Å². The maximum Gasteiger partial charge on any atom is 0.276 e. The van der Waals surface area contributed by atoms with Crippen molar-refractivity contribution in [2.45, 2.75) is 32.6 Å². The number of rotatable bonds is 5. The van der Waals surface area contributed by atoms with Crippen molar-refractivity contribution >= 4 is 30.7 Å². The van der Waals surface area contributed by atoms with Crippen molar-refractivity contribution in [1.29, 1.82) is 0 Å². The van der Waals surface area contributed by atoms with Crippen LogP contribution < -0.4 is 5.32 Å². The number of aromatic nitrogens is 1. The molecule has 0 aromatic carbocycles. The van der Waals surface area contributed by atoms with Gasteiger partial charge in [-0.1, -0.05) is 6.92 Å². The number of carbonyl (C=O) groups excluding carboxylic acids is 1. The molecule has 0 bridgehead atoms. The van der Waals surface area contributed by atoms with E-state index < -0.39 is 0 Å². The van der Waals surface area contributed by atoms with Gasteiger partial charge >= 0.3 is 0 Å². The molecule has 0 aliphatic carbocycles. The van der Waals surface area contributed by atoms with E-state index in [1.807, 2.05) is 18.9 Å². The lowest BCUT2D eigenvalue weighted by molar-refractivity contribution is 0.0679. The molecule has 0 atom stereocenters. The topological polar surface area (TPSA) is 58.4 Å². The van der Waals surface area contributed by atoms with Gasteiger partial charge in [-0.25, -0.2) is 4.98 Å². The van der Waals surface area contributed by atoms with Crippen molar-refractivity contribution in [3.8, 4) is 0 Å². The highest BCUT2D eigenvalue weighted by Crippen LogP contribution is 2.22. The molecule has 1 aromatic heterocycles. The average molecular weight is 338 g/mol. The predicted molar refractivity (Wildman–Crippen MR) is 87.5 cm³/mol. The summed E-state index contributed by atoms with van der Waals surface area (Å²) in [6.07, 6.45) is 5.45. The van der Waals surface area contributed by atoms with Crippen LogP contribution in [0.2, 0.25) is 0 Å². The minimum Gasteiger partial charge on any atom is -0.448 e. The summed E-state index contributed by atoms with van der Waals surface area (Å²) in [5.41, 5.74) is 0.496. The summed E-state index contributed by atoms with van der Waals surface area (Å²) >= 11 is 0. The fourth-order valence-electron chi connectivity index (χ4n) is 2.62. The molecule has 0 saturated carbocycles. The number of oxazole rings is 1. The SMILES string of the molecule is CCc1ocnc1C(=O)N1CCC(CCNC)CC1.Cl.Cl. The molecule has 5 nitrogen and oxygen atoms in total. The van der Waals surface area contributed by atoms with Crippen molar-refractivity contribution in [3.05, 3.63) is 17.8 Å². The third-order valence-corrected chi connectivity index (χ3v) is 3.87. The maximum absolute atomic E-state index is 12.4. The number of likely N-dealkylation sites (tertiary alicyclic amines) is 1. The molecule has 0 unspecified atom stereocenters. The second kappa shape index (κ2) is 10.0. The van der Waals surface area contributed by atoms with Gasteiger partial charge in [0.1, 0.15) is 5.76 Å². The lowest BCUT2D eigenvalue weighted by atomic mass is 9.93. The molecule has 122 valence electrons. The number of nitrogens with zero attached hydrogens (tertiary/aromatic N) is 2. The summed E-state index contributed by atoms with van der Waals surface area (Å²) < 4.78 is 5.23. The van der Waals surface area contributed by atoms with E-state index in [9.17, 15) is 4.79 Å². The van der Waals surface area contributed by atoms with Crippen LogP contribution in [0.5, 0.6) is 0 Å². The molecule has 2 rings (SSSR count). The van der Waals surface area contributed by atoms with E-state index in [1.165, 1.54) is 12.8 Å². The number of hydrogen-bond acceptors (Lipinski definition) is 4. The van der Waals surface area contributed by atoms with Crippen molar-refractivity contribution in [2.24, 2.45) is 5.92 Å². The Morgan fingerprint density at radius 2 is 2.10 bits per heavy atom. The molecule has 7 heteroatoms. The normalized spacial score (nSPS) is 15.2. The molecule has 1 amide bonds. The zero-order chi connectivity index (χ0) is 13.7. The maximum atomic E-state index is 12.4. The van der Waals surface area contributed by atoms with Crippen molar-refractivity contribution < 1.29 is 9.21 Å². The van der Waals surface area contributed by atoms with E-state index in [-0.39, 0.29) is 30.7 Å². The fraction of sp³-hybridized carbons (Fsp3) is 0.714. The predicted octanol–water partition coefficient (Wildman–Crippen LogP) is 2.54. The Bertz CT molecular complexity index is 418. The summed E-state index contributed by atoms with van der Waals surface area (Å²) in [6, 6.07) is 0. The van der Waals surface area contributed by atoms with Crippen molar-refractivity contribution in [2.75, 3.05) is 26.7 Å². The summed E-state index contributed by atoms with van der Waals surface area (Å²) in [4.78, 5) is 18.3. The zero-order valence-electron chi connectivity index (χ0n) is 12.6. The molecule has 0 radical (unpaired) electrons. The quantitative estimate of drug-likeness (QED) is 0.896. The van der Waals surface area contributed by atoms with Gasteiger partial charge in [0.25, 0.3) is 5.91 Å². The van der Waals surface area contributed by atoms with Crippen molar-refractivity contribution in [1.82, 2.24) is 15.2 Å². The zero-order valence-corrected chi connectivity index (χ0v) is 14.3. The Morgan fingerprint density at radius 3 is 2.67 bits per heavy atom. The molecule has 1 fully saturated rings. The number of hydrogen-bond donors (Lipinski definition) is 1. The van der Waals surface area contributed by atoms with Crippen LogP contribution in [-0.2, 0) is 6.42 Å². The van der Waals surface area contributed by atoms with Crippen LogP contribution in [0.25, 0.3) is 0 Å².